The van der Waals surface area contributed by atoms with E-state index in [-0.39, 0.29) is 22.5 Å². The van der Waals surface area contributed by atoms with Crippen molar-refractivity contribution in [2.24, 2.45) is 10.1 Å². The molecular formula is C19H13ClF3N5OS. The summed E-state index contributed by atoms with van der Waals surface area (Å²) in [6.07, 6.45) is -3.23. The monoisotopic (exact) mass is 451 g/mol. The Morgan fingerprint density at radius 3 is 2.50 bits per heavy atom. The average Bonchev–Trinajstić information content (AvgIpc) is 3.21. The van der Waals surface area contributed by atoms with E-state index in [2.05, 4.69) is 10.1 Å². The number of fused-ring (bicyclic) bond motifs is 1. The second-order valence-corrected chi connectivity index (χ2v) is 7.95. The summed E-state index contributed by atoms with van der Waals surface area (Å²) in [5.41, 5.74) is 3.02. The lowest BCUT2D eigenvalue weighted by atomic mass is 10.1. The molecule has 3 heterocycles. The predicted octanol–water partition coefficient (Wildman–Crippen LogP) is 4.93. The Morgan fingerprint density at radius 1 is 1.20 bits per heavy atom. The number of carbonyl (C=O) groups is 1. The number of nitrogens with one attached hydrogen (secondary N) is 1. The van der Waals surface area contributed by atoms with Crippen molar-refractivity contribution in [3.8, 4) is 5.69 Å². The van der Waals surface area contributed by atoms with Gasteiger partial charge in [0.25, 0.3) is 5.91 Å². The van der Waals surface area contributed by atoms with E-state index >= 15 is 0 Å². The lowest BCUT2D eigenvalue weighted by Crippen LogP contribution is -2.35. The molecule has 0 aliphatic carbocycles. The molecule has 11 heteroatoms. The third-order valence-corrected chi connectivity index (χ3v) is 5.76. The molecule has 0 bridgehead atoms. The first kappa shape index (κ1) is 20.4. The molecule has 0 atom stereocenters. The van der Waals surface area contributed by atoms with Gasteiger partial charge in [-0.3, -0.25) is 10.2 Å². The number of amidine groups is 2. The van der Waals surface area contributed by atoms with Crippen LogP contribution >= 0.6 is 23.4 Å². The van der Waals surface area contributed by atoms with E-state index in [4.69, 9.17) is 17.0 Å². The molecule has 4 rings (SSSR count). The van der Waals surface area contributed by atoms with Gasteiger partial charge in [-0.25, -0.2) is 0 Å². The quantitative estimate of drug-likeness (QED) is 0.658. The van der Waals surface area contributed by atoms with Crippen LogP contribution in [0, 0.1) is 19.3 Å². The summed E-state index contributed by atoms with van der Waals surface area (Å²) in [7, 11) is 0. The van der Waals surface area contributed by atoms with Gasteiger partial charge in [-0.05, 0) is 67.6 Å². The van der Waals surface area contributed by atoms with Crippen molar-refractivity contribution in [2.75, 3.05) is 0 Å². The third kappa shape index (κ3) is 3.46. The number of aromatic nitrogens is 1. The fourth-order valence-corrected chi connectivity index (χ4v) is 4.07. The number of rotatable bonds is 2. The number of aryl methyl sites for hydroxylation is 1. The molecule has 0 spiro atoms. The van der Waals surface area contributed by atoms with Crippen LogP contribution < -0.4 is 0 Å². The number of thioether (sulfide) groups is 1. The molecule has 1 N–H and O–H groups in total. The zero-order valence-corrected chi connectivity index (χ0v) is 17.2. The Bertz CT molecular complexity index is 1180. The number of carbonyl (C=O) groups excluding carboxylic acids is 1. The van der Waals surface area contributed by atoms with Crippen LogP contribution in [0.5, 0.6) is 0 Å². The first-order valence-corrected chi connectivity index (χ1v) is 9.78. The number of alkyl halides is 3. The molecule has 2 aromatic rings. The Morgan fingerprint density at radius 2 is 1.87 bits per heavy atom. The molecule has 2 aliphatic rings. The van der Waals surface area contributed by atoms with Crippen LogP contribution in [0.25, 0.3) is 11.8 Å². The zero-order chi connectivity index (χ0) is 21.8. The second kappa shape index (κ2) is 7.13. The molecule has 0 unspecified atom stereocenters. The minimum Gasteiger partial charge on any atom is -0.318 e. The molecule has 1 amide bonds. The fraction of sp³-hybridized carbons (Fsp3) is 0.158. The van der Waals surface area contributed by atoms with Crippen LogP contribution in [-0.4, -0.2) is 37.7 Å². The zero-order valence-electron chi connectivity index (χ0n) is 15.6. The van der Waals surface area contributed by atoms with E-state index in [1.807, 2.05) is 36.6 Å². The van der Waals surface area contributed by atoms with E-state index in [1.54, 1.807) is 12.1 Å². The number of benzene rings is 1. The summed E-state index contributed by atoms with van der Waals surface area (Å²) in [5.74, 6) is -1.23. The first-order chi connectivity index (χ1) is 14.1. The van der Waals surface area contributed by atoms with Crippen molar-refractivity contribution in [1.82, 2.24) is 9.58 Å². The summed E-state index contributed by atoms with van der Waals surface area (Å²) in [5, 5.41) is 11.5. The molecule has 154 valence electrons. The van der Waals surface area contributed by atoms with E-state index in [0.717, 1.165) is 22.1 Å². The van der Waals surface area contributed by atoms with Gasteiger partial charge in [0.15, 0.2) is 5.84 Å². The smallest absolute Gasteiger partial charge is 0.318 e. The Kier molecular flexibility index (Phi) is 4.86. The van der Waals surface area contributed by atoms with E-state index < -0.39 is 23.0 Å². The summed E-state index contributed by atoms with van der Waals surface area (Å²) < 4.78 is 40.8. The highest BCUT2D eigenvalue weighted by Gasteiger charge is 2.46. The standard InChI is InChI=1S/C19H13ClF3N5OS/c1-9-7-11(10(2)27(9)13-5-3-12(20)4-6-13)8-14-15(24)28-18(25-16(14)29)30-17(26-28)19(21,22)23/h3-8,24H,1-2H3/b14-8+,24-15?. The van der Waals surface area contributed by atoms with Gasteiger partial charge in [0.2, 0.25) is 10.2 Å². The summed E-state index contributed by atoms with van der Waals surface area (Å²) in [4.78, 5) is 16.1. The maximum Gasteiger partial charge on any atom is 0.441 e. The van der Waals surface area contributed by atoms with Crippen molar-refractivity contribution in [1.29, 1.82) is 5.41 Å². The van der Waals surface area contributed by atoms with E-state index in [9.17, 15) is 18.0 Å². The maximum absolute atomic E-state index is 12.9. The van der Waals surface area contributed by atoms with Crippen LogP contribution in [0.4, 0.5) is 13.2 Å². The SMILES string of the molecule is Cc1cc(/C=C2\C(=N)N3N=C(C(F)(F)F)SC3=NC2=O)c(C)n1-c1ccc(Cl)cc1. The fourth-order valence-electron chi connectivity index (χ4n) is 3.18. The van der Waals surface area contributed by atoms with Gasteiger partial charge in [0.1, 0.15) is 0 Å². The van der Waals surface area contributed by atoms with Gasteiger partial charge in [-0.1, -0.05) is 11.6 Å². The normalized spacial score (nSPS) is 18.1. The molecule has 6 nitrogen and oxygen atoms in total. The van der Waals surface area contributed by atoms with Gasteiger partial charge in [-0.2, -0.15) is 28.3 Å². The number of hydrogen-bond acceptors (Lipinski definition) is 4. The van der Waals surface area contributed by atoms with Crippen molar-refractivity contribution < 1.29 is 18.0 Å². The van der Waals surface area contributed by atoms with Crippen LogP contribution in [0.3, 0.4) is 0 Å². The molecule has 0 saturated heterocycles. The highest BCUT2D eigenvalue weighted by molar-refractivity contribution is 8.27. The molecule has 1 aromatic carbocycles. The lowest BCUT2D eigenvalue weighted by Gasteiger charge is -2.20. The van der Waals surface area contributed by atoms with Crippen LogP contribution in [0.1, 0.15) is 17.0 Å². The lowest BCUT2D eigenvalue weighted by molar-refractivity contribution is -0.114. The average molecular weight is 452 g/mol. The molecule has 0 radical (unpaired) electrons. The second-order valence-electron chi connectivity index (χ2n) is 6.56. The topological polar surface area (TPSA) is 73.8 Å². The Balaban J connectivity index is 1.74. The summed E-state index contributed by atoms with van der Waals surface area (Å²) in [6, 6.07) is 9.02. The first-order valence-electron chi connectivity index (χ1n) is 8.58. The van der Waals surface area contributed by atoms with Crippen LogP contribution in [0.15, 0.2) is 46.0 Å². The van der Waals surface area contributed by atoms with Crippen molar-refractivity contribution in [3.63, 3.8) is 0 Å². The van der Waals surface area contributed by atoms with Gasteiger partial charge < -0.3 is 4.57 Å². The van der Waals surface area contributed by atoms with Crippen molar-refractivity contribution >= 4 is 51.4 Å². The highest BCUT2D eigenvalue weighted by atomic mass is 35.5. The molecule has 1 aromatic heterocycles. The Hall–Kier alpha value is -2.85. The van der Waals surface area contributed by atoms with E-state index in [0.29, 0.717) is 10.6 Å². The summed E-state index contributed by atoms with van der Waals surface area (Å²) >= 11 is 6.17. The number of halogens is 4. The third-order valence-electron chi connectivity index (χ3n) is 4.55. The Labute approximate surface area is 178 Å². The van der Waals surface area contributed by atoms with Crippen molar-refractivity contribution in [2.45, 2.75) is 20.0 Å². The maximum atomic E-state index is 12.9. The minimum absolute atomic E-state index is 0.136. The van der Waals surface area contributed by atoms with Gasteiger partial charge in [-0.15, -0.1) is 0 Å². The van der Waals surface area contributed by atoms with Gasteiger partial charge >= 0.3 is 6.18 Å². The van der Waals surface area contributed by atoms with Crippen LogP contribution in [0.2, 0.25) is 5.02 Å². The number of nitrogens with zero attached hydrogens (tertiary/aromatic N) is 4. The molecule has 30 heavy (non-hydrogen) atoms. The van der Waals surface area contributed by atoms with Gasteiger partial charge in [0, 0.05) is 22.1 Å². The predicted molar refractivity (Wildman–Crippen MR) is 111 cm³/mol. The molecule has 0 saturated carbocycles. The van der Waals surface area contributed by atoms with E-state index in [1.165, 1.54) is 6.08 Å². The molecule has 2 aliphatic heterocycles. The minimum atomic E-state index is -4.68. The number of aliphatic imine (C=N–C) groups is 1. The number of amides is 1. The van der Waals surface area contributed by atoms with Crippen molar-refractivity contribution in [3.05, 3.63) is 57.9 Å². The number of hydrazone groups is 1. The molecule has 0 fully saturated rings. The molecular weight excluding hydrogens is 439 g/mol. The number of hydrogen-bond donors (Lipinski definition) is 1. The summed E-state index contributed by atoms with van der Waals surface area (Å²) in [6.45, 7) is 3.72. The largest absolute Gasteiger partial charge is 0.441 e. The van der Waals surface area contributed by atoms with Gasteiger partial charge in [0.05, 0.1) is 5.57 Å². The van der Waals surface area contributed by atoms with Crippen LogP contribution in [-0.2, 0) is 4.79 Å². The highest BCUT2D eigenvalue weighted by Crippen LogP contribution is 2.35.